The highest BCUT2D eigenvalue weighted by Crippen LogP contribution is 2.31. The topological polar surface area (TPSA) is 71.1 Å². The van der Waals surface area contributed by atoms with Crippen LogP contribution in [0.4, 0.5) is 0 Å². The van der Waals surface area contributed by atoms with Gasteiger partial charge in [-0.05, 0) is 137 Å². The zero-order chi connectivity index (χ0) is 37.9. The van der Waals surface area contributed by atoms with Crippen molar-refractivity contribution in [3.63, 3.8) is 0 Å². The summed E-state index contributed by atoms with van der Waals surface area (Å²) < 4.78 is 21.2. The molecule has 0 heterocycles. The molecule has 0 saturated heterocycles. The standard InChI is InChI=1S/C48H38O6/c1-5-46(49)53-25-23-51-44-20-13-35(14-21-44)7-8-36-11-15-41-31-43(18-17-39(41)29-36)48-33(3)27-38(28-34(48)4)10-9-37-12-16-42-32-45(22-19-40(42)30-37)52-24-26-54-47(50)6-2/h5-6,11-22,27-32H,1-2,23-26H2,3-4H3. The molecule has 0 fully saturated rings. The Morgan fingerprint density at radius 2 is 0.944 bits per heavy atom. The van der Waals surface area contributed by atoms with Gasteiger partial charge in [-0.25, -0.2) is 9.59 Å². The summed E-state index contributed by atoms with van der Waals surface area (Å²) in [5, 5.41) is 4.36. The van der Waals surface area contributed by atoms with Gasteiger partial charge in [-0.15, -0.1) is 0 Å². The smallest absolute Gasteiger partial charge is 0.330 e. The average molecular weight is 711 g/mol. The maximum Gasteiger partial charge on any atom is 0.330 e. The van der Waals surface area contributed by atoms with Crippen LogP contribution in [0.15, 0.2) is 135 Å². The highest BCUT2D eigenvalue weighted by atomic mass is 16.6. The molecular weight excluding hydrogens is 673 g/mol. The molecule has 6 rings (SSSR count). The molecule has 0 atom stereocenters. The van der Waals surface area contributed by atoms with Crippen LogP contribution in [0.3, 0.4) is 0 Å². The summed E-state index contributed by atoms with van der Waals surface area (Å²) in [5.41, 5.74) is 8.39. The second-order valence-electron chi connectivity index (χ2n) is 12.5. The lowest BCUT2D eigenvalue weighted by Crippen LogP contribution is -2.10. The van der Waals surface area contributed by atoms with Gasteiger partial charge in [0.2, 0.25) is 0 Å². The molecule has 0 unspecified atom stereocenters. The first kappa shape index (κ1) is 36.8. The van der Waals surface area contributed by atoms with Crippen LogP contribution in [-0.2, 0) is 19.1 Å². The van der Waals surface area contributed by atoms with Crippen LogP contribution in [0.2, 0.25) is 0 Å². The first-order valence-corrected chi connectivity index (χ1v) is 17.5. The number of carbonyl (C=O) groups excluding carboxylic acids is 2. The summed E-state index contributed by atoms with van der Waals surface area (Å²) in [5.74, 6) is 13.6. The zero-order valence-electron chi connectivity index (χ0n) is 30.2. The Kier molecular flexibility index (Phi) is 11.9. The molecule has 0 saturated carbocycles. The molecule has 266 valence electrons. The van der Waals surface area contributed by atoms with Crippen LogP contribution in [0.25, 0.3) is 32.7 Å². The minimum absolute atomic E-state index is 0.159. The lowest BCUT2D eigenvalue weighted by atomic mass is 9.92. The summed E-state index contributed by atoms with van der Waals surface area (Å²) in [6.45, 7) is 11.9. The van der Waals surface area contributed by atoms with E-state index in [4.69, 9.17) is 18.9 Å². The van der Waals surface area contributed by atoms with E-state index in [-0.39, 0.29) is 26.4 Å². The van der Waals surface area contributed by atoms with Gasteiger partial charge in [-0.3, -0.25) is 0 Å². The maximum atomic E-state index is 11.2. The van der Waals surface area contributed by atoms with Crippen LogP contribution in [0.5, 0.6) is 11.5 Å². The molecule has 6 aromatic rings. The Bertz CT molecular complexity index is 2480. The predicted molar refractivity (Wildman–Crippen MR) is 215 cm³/mol. The molecule has 0 aromatic heterocycles. The number of benzene rings is 6. The summed E-state index contributed by atoms with van der Waals surface area (Å²) in [6.07, 6.45) is 2.26. The fourth-order valence-electron chi connectivity index (χ4n) is 6.01. The zero-order valence-corrected chi connectivity index (χ0v) is 30.2. The number of hydrogen-bond donors (Lipinski definition) is 0. The van der Waals surface area contributed by atoms with E-state index in [0.717, 1.165) is 61.5 Å². The third kappa shape index (κ3) is 9.64. The number of hydrogen-bond acceptors (Lipinski definition) is 6. The van der Waals surface area contributed by atoms with Crippen LogP contribution in [0, 0.1) is 37.5 Å². The summed E-state index contributed by atoms with van der Waals surface area (Å²) in [7, 11) is 0. The minimum Gasteiger partial charge on any atom is -0.490 e. The Balaban J connectivity index is 1.10. The number of rotatable bonds is 11. The Labute approximate surface area is 315 Å². The van der Waals surface area contributed by atoms with Crippen molar-refractivity contribution in [2.75, 3.05) is 26.4 Å². The van der Waals surface area contributed by atoms with Gasteiger partial charge >= 0.3 is 11.9 Å². The number of esters is 2. The van der Waals surface area contributed by atoms with Crippen LogP contribution >= 0.6 is 0 Å². The van der Waals surface area contributed by atoms with E-state index < -0.39 is 11.9 Å². The first-order chi connectivity index (χ1) is 26.3. The molecule has 6 nitrogen and oxygen atoms in total. The third-order valence-electron chi connectivity index (χ3n) is 8.56. The second-order valence-corrected chi connectivity index (χ2v) is 12.5. The third-order valence-corrected chi connectivity index (χ3v) is 8.56. The van der Waals surface area contributed by atoms with Crippen molar-refractivity contribution < 1.29 is 28.5 Å². The van der Waals surface area contributed by atoms with Gasteiger partial charge in [-0.2, -0.15) is 0 Å². The molecule has 0 radical (unpaired) electrons. The highest BCUT2D eigenvalue weighted by molar-refractivity contribution is 5.90. The van der Waals surface area contributed by atoms with E-state index in [2.05, 4.69) is 99.2 Å². The predicted octanol–water partition coefficient (Wildman–Crippen LogP) is 9.29. The van der Waals surface area contributed by atoms with Gasteiger partial charge in [0, 0.05) is 34.4 Å². The van der Waals surface area contributed by atoms with Gasteiger partial charge in [0.25, 0.3) is 0 Å². The van der Waals surface area contributed by atoms with Crippen molar-refractivity contribution in [3.05, 3.63) is 168 Å². The fraction of sp³-hybridized carbons (Fsp3) is 0.125. The Morgan fingerprint density at radius 3 is 1.54 bits per heavy atom. The van der Waals surface area contributed by atoms with E-state index in [1.54, 1.807) is 0 Å². The van der Waals surface area contributed by atoms with Crippen molar-refractivity contribution in [3.8, 4) is 46.3 Å². The molecule has 0 N–H and O–H groups in total. The van der Waals surface area contributed by atoms with Crippen LogP contribution in [-0.4, -0.2) is 38.4 Å². The molecule has 6 heteroatoms. The van der Waals surface area contributed by atoms with Crippen molar-refractivity contribution >= 4 is 33.5 Å². The van der Waals surface area contributed by atoms with E-state index >= 15 is 0 Å². The van der Waals surface area contributed by atoms with Crippen LogP contribution < -0.4 is 9.47 Å². The van der Waals surface area contributed by atoms with Crippen molar-refractivity contribution in [2.45, 2.75) is 13.8 Å². The molecule has 0 aliphatic rings. The van der Waals surface area contributed by atoms with Crippen molar-refractivity contribution in [1.82, 2.24) is 0 Å². The summed E-state index contributed by atoms with van der Waals surface area (Å²) >= 11 is 0. The SMILES string of the molecule is C=CC(=O)OCCOc1ccc(C#Cc2ccc3cc(-c4c(C)cc(C#Cc5ccc6cc(OCCOC(=O)C=C)ccc6c5)cc4C)ccc3c2)cc1. The molecule has 54 heavy (non-hydrogen) atoms. The minimum atomic E-state index is -0.468. The van der Waals surface area contributed by atoms with Crippen LogP contribution in [0.1, 0.15) is 33.4 Å². The monoisotopic (exact) mass is 710 g/mol. The quantitative estimate of drug-likeness (QED) is 0.0578. The molecule has 0 bridgehead atoms. The molecule has 0 amide bonds. The lowest BCUT2D eigenvalue weighted by Gasteiger charge is -2.12. The number of ether oxygens (including phenoxy) is 4. The van der Waals surface area contributed by atoms with Gasteiger partial charge in [0.15, 0.2) is 0 Å². The Hall–Kier alpha value is -7.02. The number of fused-ring (bicyclic) bond motifs is 2. The molecule has 0 spiro atoms. The van der Waals surface area contributed by atoms with Crippen molar-refractivity contribution in [1.29, 1.82) is 0 Å². The summed E-state index contributed by atoms with van der Waals surface area (Å²) in [6, 6.07) is 36.6. The van der Waals surface area contributed by atoms with Crippen molar-refractivity contribution in [2.24, 2.45) is 0 Å². The maximum absolute atomic E-state index is 11.2. The molecule has 6 aromatic carbocycles. The lowest BCUT2D eigenvalue weighted by molar-refractivity contribution is -0.139. The van der Waals surface area contributed by atoms with E-state index in [1.807, 2.05) is 60.7 Å². The summed E-state index contributed by atoms with van der Waals surface area (Å²) in [4.78, 5) is 22.3. The molecular formula is C48H38O6. The highest BCUT2D eigenvalue weighted by Gasteiger charge is 2.09. The van der Waals surface area contributed by atoms with Gasteiger partial charge in [0.05, 0.1) is 0 Å². The number of carbonyl (C=O) groups is 2. The number of aryl methyl sites for hydroxylation is 2. The largest absolute Gasteiger partial charge is 0.490 e. The van der Waals surface area contributed by atoms with E-state index in [9.17, 15) is 9.59 Å². The van der Waals surface area contributed by atoms with Gasteiger partial charge in [-0.1, -0.05) is 67.2 Å². The second kappa shape index (κ2) is 17.5. The van der Waals surface area contributed by atoms with Gasteiger partial charge < -0.3 is 18.9 Å². The average Bonchev–Trinajstić information content (AvgIpc) is 3.19. The van der Waals surface area contributed by atoms with E-state index in [1.165, 1.54) is 16.7 Å². The molecule has 0 aliphatic carbocycles. The van der Waals surface area contributed by atoms with E-state index in [0.29, 0.717) is 11.5 Å². The van der Waals surface area contributed by atoms with Gasteiger partial charge in [0.1, 0.15) is 37.9 Å². The normalized spacial score (nSPS) is 10.3. The molecule has 0 aliphatic heterocycles. The first-order valence-electron chi connectivity index (χ1n) is 17.5. The Morgan fingerprint density at radius 1 is 0.500 bits per heavy atom. The fourth-order valence-corrected chi connectivity index (χ4v) is 6.01.